The van der Waals surface area contributed by atoms with Crippen LogP contribution >= 0.6 is 0 Å². The minimum atomic E-state index is -0.544. The zero-order chi connectivity index (χ0) is 17.1. The predicted octanol–water partition coefficient (Wildman–Crippen LogP) is 0.640. The molecule has 0 saturated carbocycles. The lowest BCUT2D eigenvalue weighted by atomic mass is 10.2. The highest BCUT2D eigenvalue weighted by molar-refractivity contribution is 5.94. The van der Waals surface area contributed by atoms with Gasteiger partial charge in [0.25, 0.3) is 11.5 Å². The van der Waals surface area contributed by atoms with Crippen LogP contribution < -0.4 is 10.5 Å². The maximum Gasteiger partial charge on any atom is 0.363 e. The van der Waals surface area contributed by atoms with Crippen LogP contribution in [0.3, 0.4) is 0 Å². The van der Waals surface area contributed by atoms with Gasteiger partial charge >= 0.3 is 5.82 Å². The molecule has 0 aliphatic carbocycles. The van der Waals surface area contributed by atoms with Gasteiger partial charge in [0.2, 0.25) is 0 Å². The van der Waals surface area contributed by atoms with Gasteiger partial charge in [0.05, 0.1) is 5.69 Å². The van der Waals surface area contributed by atoms with Crippen molar-refractivity contribution in [1.82, 2.24) is 14.9 Å². The van der Waals surface area contributed by atoms with Gasteiger partial charge in [-0.05, 0) is 28.1 Å². The van der Waals surface area contributed by atoms with Gasteiger partial charge in [0.15, 0.2) is 6.20 Å². The lowest BCUT2D eigenvalue weighted by Crippen LogP contribution is -2.49. The number of hydrogen-bond acceptors (Lipinski definition) is 6. The Hall–Kier alpha value is -3.23. The molecule has 2 aromatic heterocycles. The van der Waals surface area contributed by atoms with Crippen LogP contribution in [0.1, 0.15) is 10.4 Å². The number of H-pyrrole nitrogens is 1. The highest BCUT2D eigenvalue weighted by Gasteiger charge is 2.24. The molecule has 1 amide bonds. The van der Waals surface area contributed by atoms with Gasteiger partial charge in [-0.25, -0.2) is 0 Å². The lowest BCUT2D eigenvalue weighted by Gasteiger charge is -2.35. The second-order valence-electron chi connectivity index (χ2n) is 5.32. The summed E-state index contributed by atoms with van der Waals surface area (Å²) in [6.45, 7) is 2.06. The molecule has 9 nitrogen and oxygen atoms in total. The van der Waals surface area contributed by atoms with E-state index in [1.165, 1.54) is 24.5 Å². The number of hydrogen-bond donors (Lipinski definition) is 1. The molecule has 1 aliphatic rings. The van der Waals surface area contributed by atoms with Crippen LogP contribution in [0.25, 0.3) is 0 Å². The van der Waals surface area contributed by atoms with Crippen molar-refractivity contribution in [3.63, 3.8) is 0 Å². The molecule has 1 aliphatic heterocycles. The van der Waals surface area contributed by atoms with E-state index < -0.39 is 10.5 Å². The maximum atomic E-state index is 12.4. The van der Waals surface area contributed by atoms with Crippen LogP contribution in [0.15, 0.2) is 41.5 Å². The summed E-state index contributed by atoms with van der Waals surface area (Å²) in [6, 6.07) is 6.13. The zero-order valence-corrected chi connectivity index (χ0v) is 12.7. The van der Waals surface area contributed by atoms with Crippen molar-refractivity contribution in [2.45, 2.75) is 0 Å². The number of carbonyl (C=O) groups is 1. The fourth-order valence-electron chi connectivity index (χ4n) is 2.60. The average Bonchev–Trinajstić information content (AvgIpc) is 2.62. The standard InChI is InChI=1S/C15H15N5O4/c21-14-12(2-1-5-16-14)15(22)19-8-6-18(7-9-19)11-3-4-13(17-10-11)20(23)24/h1-5,10H,6-9H2,(H,16,21). The summed E-state index contributed by atoms with van der Waals surface area (Å²) in [4.78, 5) is 44.1. The number of nitrogens with one attached hydrogen (secondary N) is 1. The van der Waals surface area contributed by atoms with E-state index in [-0.39, 0.29) is 17.3 Å². The lowest BCUT2D eigenvalue weighted by molar-refractivity contribution is -0.389. The topological polar surface area (TPSA) is 112 Å². The van der Waals surface area contributed by atoms with Crippen molar-refractivity contribution in [3.8, 4) is 0 Å². The molecule has 0 aromatic carbocycles. The number of nitro groups is 1. The van der Waals surface area contributed by atoms with Gasteiger partial charge in [0.1, 0.15) is 5.56 Å². The summed E-state index contributed by atoms with van der Waals surface area (Å²) in [5.74, 6) is -0.491. The Morgan fingerprint density at radius 2 is 1.96 bits per heavy atom. The third-order valence-corrected chi connectivity index (χ3v) is 3.90. The quantitative estimate of drug-likeness (QED) is 0.653. The van der Waals surface area contributed by atoms with Crippen LogP contribution in [0.2, 0.25) is 0 Å². The molecule has 1 saturated heterocycles. The fourth-order valence-corrected chi connectivity index (χ4v) is 2.60. The normalized spacial score (nSPS) is 14.5. The zero-order valence-electron chi connectivity index (χ0n) is 12.7. The second kappa shape index (κ2) is 6.49. The summed E-state index contributed by atoms with van der Waals surface area (Å²) >= 11 is 0. The van der Waals surface area contributed by atoms with E-state index in [0.717, 1.165) is 5.69 Å². The molecule has 0 unspecified atom stereocenters. The molecule has 0 spiro atoms. The molecule has 24 heavy (non-hydrogen) atoms. The molecule has 3 rings (SSSR count). The van der Waals surface area contributed by atoms with Gasteiger partial charge in [-0.3, -0.25) is 9.59 Å². The van der Waals surface area contributed by atoms with Crippen molar-refractivity contribution in [2.24, 2.45) is 0 Å². The fraction of sp³-hybridized carbons (Fsp3) is 0.267. The Balaban J connectivity index is 1.65. The highest BCUT2D eigenvalue weighted by Crippen LogP contribution is 2.18. The first-order chi connectivity index (χ1) is 11.6. The van der Waals surface area contributed by atoms with Crippen molar-refractivity contribution in [2.75, 3.05) is 31.1 Å². The van der Waals surface area contributed by atoms with Gasteiger partial charge in [0, 0.05) is 38.4 Å². The molecule has 0 atom stereocenters. The SMILES string of the molecule is O=C(c1ccc[nH]c1=O)N1CCN(c2ccc([N+](=O)[O-])nc2)CC1. The molecule has 2 aromatic rings. The number of pyridine rings is 2. The third-order valence-electron chi connectivity index (χ3n) is 3.90. The van der Waals surface area contributed by atoms with E-state index >= 15 is 0 Å². The Morgan fingerprint density at radius 1 is 1.21 bits per heavy atom. The molecule has 1 fully saturated rings. The number of carbonyl (C=O) groups excluding carboxylic acids is 1. The Labute approximate surface area is 136 Å². The summed E-state index contributed by atoms with van der Waals surface area (Å²) < 4.78 is 0. The number of amides is 1. The number of nitrogens with zero attached hydrogens (tertiary/aromatic N) is 4. The molecular formula is C15H15N5O4. The van der Waals surface area contributed by atoms with Crippen molar-refractivity contribution in [3.05, 3.63) is 62.7 Å². The van der Waals surface area contributed by atoms with Gasteiger partial charge in [-0.2, -0.15) is 0 Å². The first-order valence-electron chi connectivity index (χ1n) is 7.38. The summed E-state index contributed by atoms with van der Waals surface area (Å²) in [5.41, 5.74) is 0.498. The second-order valence-corrected chi connectivity index (χ2v) is 5.32. The van der Waals surface area contributed by atoms with Crippen molar-refractivity contribution < 1.29 is 9.72 Å². The molecule has 3 heterocycles. The van der Waals surface area contributed by atoms with Crippen LogP contribution in [0.5, 0.6) is 0 Å². The van der Waals surface area contributed by atoms with Crippen LogP contribution in [-0.4, -0.2) is 51.9 Å². The average molecular weight is 329 g/mol. The summed E-state index contributed by atoms with van der Waals surface area (Å²) in [7, 11) is 0. The first-order valence-corrected chi connectivity index (χ1v) is 7.38. The number of rotatable bonds is 3. The number of aromatic nitrogens is 2. The van der Waals surface area contributed by atoms with Crippen molar-refractivity contribution >= 4 is 17.4 Å². The first kappa shape index (κ1) is 15.7. The van der Waals surface area contributed by atoms with Crippen LogP contribution in [-0.2, 0) is 0 Å². The van der Waals surface area contributed by atoms with Gasteiger partial charge in [-0.1, -0.05) is 0 Å². The van der Waals surface area contributed by atoms with E-state index in [1.54, 1.807) is 17.0 Å². The smallest absolute Gasteiger partial charge is 0.363 e. The minimum absolute atomic E-state index is 0.128. The molecule has 1 N–H and O–H groups in total. The Kier molecular flexibility index (Phi) is 4.23. The number of piperazine rings is 1. The summed E-state index contributed by atoms with van der Waals surface area (Å²) in [5, 5.41) is 10.6. The van der Waals surface area contributed by atoms with Crippen molar-refractivity contribution in [1.29, 1.82) is 0 Å². The van der Waals surface area contributed by atoms with E-state index in [4.69, 9.17) is 0 Å². The summed E-state index contributed by atoms with van der Waals surface area (Å²) in [6.07, 6.45) is 2.94. The third kappa shape index (κ3) is 3.09. The molecule has 0 radical (unpaired) electrons. The van der Waals surface area contributed by atoms with E-state index in [0.29, 0.717) is 26.2 Å². The van der Waals surface area contributed by atoms with E-state index in [9.17, 15) is 19.7 Å². The van der Waals surface area contributed by atoms with Gasteiger partial charge < -0.3 is 24.9 Å². The largest absolute Gasteiger partial charge is 0.365 e. The Bertz CT molecular complexity index is 809. The van der Waals surface area contributed by atoms with E-state index in [1.807, 2.05) is 4.90 Å². The Morgan fingerprint density at radius 3 is 2.54 bits per heavy atom. The van der Waals surface area contributed by atoms with Gasteiger partial charge in [-0.15, -0.1) is 0 Å². The predicted molar refractivity (Wildman–Crippen MR) is 86.1 cm³/mol. The number of aromatic amines is 1. The molecule has 0 bridgehead atoms. The van der Waals surface area contributed by atoms with Crippen LogP contribution in [0.4, 0.5) is 11.5 Å². The monoisotopic (exact) mass is 329 g/mol. The molecular weight excluding hydrogens is 314 g/mol. The number of anilines is 1. The molecule has 124 valence electrons. The maximum absolute atomic E-state index is 12.4. The van der Waals surface area contributed by atoms with Crippen LogP contribution in [0, 0.1) is 10.1 Å². The van der Waals surface area contributed by atoms with E-state index in [2.05, 4.69) is 9.97 Å². The highest BCUT2D eigenvalue weighted by atomic mass is 16.6. The minimum Gasteiger partial charge on any atom is -0.365 e. The molecule has 9 heteroatoms.